The van der Waals surface area contributed by atoms with Gasteiger partial charge in [-0.25, -0.2) is 12.8 Å². The lowest BCUT2D eigenvalue weighted by molar-refractivity contribution is 0.473. The van der Waals surface area contributed by atoms with E-state index in [1.165, 1.54) is 43.3 Å². The minimum absolute atomic E-state index is 0.0869. The topological polar surface area (TPSA) is 66.4 Å². The number of halogens is 1. The van der Waals surface area contributed by atoms with Gasteiger partial charge in [-0.2, -0.15) is 0 Å². The molecule has 2 rings (SSSR count). The highest BCUT2D eigenvalue weighted by Gasteiger charge is 2.16. The van der Waals surface area contributed by atoms with E-state index in [1.54, 1.807) is 0 Å². The molecule has 0 aliphatic carbocycles. The molecule has 0 aliphatic heterocycles. The predicted molar refractivity (Wildman–Crippen MR) is 70.1 cm³/mol. The molecule has 0 fully saturated rings. The highest BCUT2D eigenvalue weighted by Crippen LogP contribution is 2.23. The first-order valence-electron chi connectivity index (χ1n) is 5.47. The summed E-state index contributed by atoms with van der Waals surface area (Å²) in [6.45, 7) is 1.48. The van der Waals surface area contributed by atoms with Crippen LogP contribution in [0.2, 0.25) is 0 Å². The van der Waals surface area contributed by atoms with Gasteiger partial charge in [0.25, 0.3) is 10.0 Å². The minimum atomic E-state index is -3.85. The molecule has 0 amide bonds. The fraction of sp³-hybridized carbons (Fsp3) is 0.0769. The third-order valence-corrected chi connectivity index (χ3v) is 4.00. The smallest absolute Gasteiger partial charge is 0.262 e. The summed E-state index contributed by atoms with van der Waals surface area (Å²) in [4.78, 5) is -0.0869. The number of nitrogens with one attached hydrogen (secondary N) is 1. The number of hydrogen-bond acceptors (Lipinski definition) is 3. The monoisotopic (exact) mass is 281 g/mol. The van der Waals surface area contributed by atoms with Crippen LogP contribution in [0.1, 0.15) is 5.56 Å². The van der Waals surface area contributed by atoms with Gasteiger partial charge in [0, 0.05) is 11.6 Å². The Morgan fingerprint density at radius 3 is 2.53 bits per heavy atom. The fourth-order valence-electron chi connectivity index (χ4n) is 1.57. The average molecular weight is 281 g/mol. The average Bonchev–Trinajstić information content (AvgIpc) is 2.35. The fourth-order valence-corrected chi connectivity index (χ4v) is 2.73. The van der Waals surface area contributed by atoms with Crippen molar-refractivity contribution < 1.29 is 17.9 Å². The molecule has 0 bridgehead atoms. The van der Waals surface area contributed by atoms with E-state index in [9.17, 15) is 17.9 Å². The standard InChI is InChI=1S/C13H12FNO3S/c1-9-12(14)6-3-7-13(9)15-19(17,18)11-5-2-4-10(16)8-11/h2-8,15-16H,1H3. The molecule has 0 saturated carbocycles. The van der Waals surface area contributed by atoms with E-state index in [0.717, 1.165) is 6.07 Å². The van der Waals surface area contributed by atoms with E-state index in [2.05, 4.69) is 4.72 Å². The van der Waals surface area contributed by atoms with Crippen molar-refractivity contribution >= 4 is 15.7 Å². The van der Waals surface area contributed by atoms with Crippen LogP contribution in [0.5, 0.6) is 5.75 Å². The summed E-state index contributed by atoms with van der Waals surface area (Å²) < 4.78 is 39.8. The SMILES string of the molecule is Cc1c(F)cccc1NS(=O)(=O)c1cccc(O)c1. The normalized spacial score (nSPS) is 11.3. The van der Waals surface area contributed by atoms with Crippen molar-refractivity contribution in [2.24, 2.45) is 0 Å². The second-order valence-corrected chi connectivity index (χ2v) is 5.70. The lowest BCUT2D eigenvalue weighted by atomic mass is 10.2. The molecule has 0 radical (unpaired) electrons. The zero-order valence-corrected chi connectivity index (χ0v) is 10.9. The lowest BCUT2D eigenvalue weighted by Gasteiger charge is -2.11. The van der Waals surface area contributed by atoms with Crippen LogP contribution in [0.25, 0.3) is 0 Å². The Morgan fingerprint density at radius 2 is 1.84 bits per heavy atom. The molecule has 0 heterocycles. The number of phenols is 1. The van der Waals surface area contributed by atoms with Gasteiger partial charge >= 0.3 is 0 Å². The Labute approximate surface area is 110 Å². The highest BCUT2D eigenvalue weighted by atomic mass is 32.2. The number of benzene rings is 2. The van der Waals surface area contributed by atoms with Crippen molar-refractivity contribution in [2.75, 3.05) is 4.72 Å². The summed E-state index contributed by atoms with van der Waals surface area (Å²) in [6, 6.07) is 9.39. The second-order valence-electron chi connectivity index (χ2n) is 4.02. The Balaban J connectivity index is 2.39. The molecule has 2 aromatic carbocycles. The molecule has 19 heavy (non-hydrogen) atoms. The number of aromatic hydroxyl groups is 1. The summed E-state index contributed by atoms with van der Waals surface area (Å²) in [5.74, 6) is -0.644. The molecule has 0 atom stereocenters. The van der Waals surface area contributed by atoms with E-state index in [4.69, 9.17) is 0 Å². The van der Waals surface area contributed by atoms with Crippen molar-refractivity contribution in [3.05, 3.63) is 53.8 Å². The van der Waals surface area contributed by atoms with Crippen LogP contribution in [0, 0.1) is 12.7 Å². The Kier molecular flexibility index (Phi) is 3.44. The van der Waals surface area contributed by atoms with E-state index in [-0.39, 0.29) is 21.9 Å². The van der Waals surface area contributed by atoms with Crippen molar-refractivity contribution in [3.63, 3.8) is 0 Å². The van der Waals surface area contributed by atoms with Gasteiger partial charge in [-0.15, -0.1) is 0 Å². The van der Waals surface area contributed by atoms with Gasteiger partial charge in [0.05, 0.1) is 10.6 Å². The van der Waals surface area contributed by atoms with Gasteiger partial charge in [0.15, 0.2) is 0 Å². The summed E-state index contributed by atoms with van der Waals surface area (Å²) >= 11 is 0. The molecule has 4 nitrogen and oxygen atoms in total. The van der Waals surface area contributed by atoms with Crippen molar-refractivity contribution in [1.29, 1.82) is 0 Å². The van der Waals surface area contributed by atoms with E-state index >= 15 is 0 Å². The number of hydrogen-bond donors (Lipinski definition) is 2. The maximum atomic E-state index is 13.3. The summed E-state index contributed by atoms with van der Waals surface area (Å²) in [5, 5.41) is 9.29. The number of phenolic OH excluding ortho intramolecular Hbond substituents is 1. The zero-order chi connectivity index (χ0) is 14.0. The minimum Gasteiger partial charge on any atom is -0.508 e. The summed E-state index contributed by atoms with van der Waals surface area (Å²) in [6.07, 6.45) is 0. The molecular formula is C13H12FNO3S. The van der Waals surface area contributed by atoms with Crippen molar-refractivity contribution in [1.82, 2.24) is 0 Å². The lowest BCUT2D eigenvalue weighted by Crippen LogP contribution is -2.14. The molecular weight excluding hydrogens is 269 g/mol. The Bertz CT molecular complexity index is 714. The quantitative estimate of drug-likeness (QED) is 0.909. The molecule has 100 valence electrons. The Morgan fingerprint density at radius 1 is 1.16 bits per heavy atom. The van der Waals surface area contributed by atoms with Gasteiger partial charge in [-0.05, 0) is 31.2 Å². The molecule has 0 saturated heterocycles. The number of anilines is 1. The molecule has 2 aromatic rings. The third kappa shape index (κ3) is 2.85. The van der Waals surface area contributed by atoms with Crippen LogP contribution in [-0.2, 0) is 10.0 Å². The second kappa shape index (κ2) is 4.89. The number of rotatable bonds is 3. The Hall–Kier alpha value is -2.08. The van der Waals surface area contributed by atoms with Gasteiger partial charge in [-0.1, -0.05) is 12.1 Å². The van der Waals surface area contributed by atoms with Gasteiger partial charge in [-0.3, -0.25) is 4.72 Å². The molecule has 0 aliphatic rings. The first-order chi connectivity index (χ1) is 8.90. The maximum absolute atomic E-state index is 13.3. The van der Waals surface area contributed by atoms with Crippen molar-refractivity contribution in [2.45, 2.75) is 11.8 Å². The van der Waals surface area contributed by atoms with Gasteiger partial charge in [0.1, 0.15) is 11.6 Å². The van der Waals surface area contributed by atoms with Gasteiger partial charge < -0.3 is 5.11 Å². The van der Waals surface area contributed by atoms with Crippen molar-refractivity contribution in [3.8, 4) is 5.75 Å². The molecule has 6 heteroatoms. The largest absolute Gasteiger partial charge is 0.508 e. The third-order valence-electron chi connectivity index (χ3n) is 2.64. The predicted octanol–water partition coefficient (Wildman–Crippen LogP) is 2.64. The van der Waals surface area contributed by atoms with E-state index in [1.807, 2.05) is 0 Å². The zero-order valence-electron chi connectivity index (χ0n) is 10.1. The number of sulfonamides is 1. The summed E-state index contributed by atoms with van der Waals surface area (Å²) in [5.41, 5.74) is 0.384. The van der Waals surface area contributed by atoms with E-state index in [0.29, 0.717) is 0 Å². The van der Waals surface area contributed by atoms with Crippen LogP contribution < -0.4 is 4.72 Å². The van der Waals surface area contributed by atoms with Crippen LogP contribution in [-0.4, -0.2) is 13.5 Å². The first kappa shape index (κ1) is 13.4. The first-order valence-corrected chi connectivity index (χ1v) is 6.95. The molecule has 0 unspecified atom stereocenters. The van der Waals surface area contributed by atoms with Crippen LogP contribution in [0.3, 0.4) is 0 Å². The van der Waals surface area contributed by atoms with Crippen LogP contribution >= 0.6 is 0 Å². The molecule has 0 spiro atoms. The highest BCUT2D eigenvalue weighted by molar-refractivity contribution is 7.92. The maximum Gasteiger partial charge on any atom is 0.262 e. The van der Waals surface area contributed by atoms with E-state index < -0.39 is 15.8 Å². The molecule has 0 aromatic heterocycles. The summed E-state index contributed by atoms with van der Waals surface area (Å²) in [7, 11) is -3.85. The van der Waals surface area contributed by atoms with Gasteiger partial charge in [0.2, 0.25) is 0 Å². The van der Waals surface area contributed by atoms with Crippen LogP contribution in [0.4, 0.5) is 10.1 Å². The molecule has 2 N–H and O–H groups in total. The van der Waals surface area contributed by atoms with Crippen LogP contribution in [0.15, 0.2) is 47.4 Å².